The van der Waals surface area contributed by atoms with Crippen LogP contribution in [0.5, 0.6) is 0 Å². The van der Waals surface area contributed by atoms with Crippen LogP contribution in [0.4, 0.5) is 0 Å². The fourth-order valence-electron chi connectivity index (χ4n) is 3.50. The maximum absolute atomic E-state index is 10.8. The van der Waals surface area contributed by atoms with Gasteiger partial charge in [0, 0.05) is 18.6 Å². The molecule has 0 aromatic carbocycles. The van der Waals surface area contributed by atoms with Crippen molar-refractivity contribution in [3.05, 3.63) is 0 Å². The molecule has 0 aromatic rings. The highest BCUT2D eigenvalue weighted by Crippen LogP contribution is 2.42. The topological polar surface area (TPSA) is 49.5 Å². The van der Waals surface area contributed by atoms with Crippen LogP contribution in [0.3, 0.4) is 0 Å². The predicted octanol–water partition coefficient (Wildman–Crippen LogP) is 1.35. The minimum atomic E-state index is -0.617. The smallest absolute Gasteiger partial charge is 0.0850 e. The molecule has 0 amide bonds. The lowest BCUT2D eigenvalue weighted by molar-refractivity contribution is -0.0943. The van der Waals surface area contributed by atoms with E-state index in [1.165, 1.54) is 12.8 Å². The second kappa shape index (κ2) is 4.28. The molecule has 3 nitrogen and oxygen atoms in total. The molecule has 1 aliphatic carbocycles. The molecule has 1 saturated heterocycles. The van der Waals surface area contributed by atoms with E-state index in [4.69, 9.17) is 5.73 Å². The molecular formula is C13H26N2O. The van der Waals surface area contributed by atoms with Crippen LogP contribution < -0.4 is 5.73 Å². The van der Waals surface area contributed by atoms with Crippen LogP contribution >= 0.6 is 0 Å². The Kier molecular flexibility index (Phi) is 3.30. The fraction of sp³-hybridized carbons (Fsp3) is 1.00. The molecule has 2 fully saturated rings. The number of nitrogens with two attached hydrogens (primary N) is 1. The zero-order chi connectivity index (χ0) is 11.8. The van der Waals surface area contributed by atoms with Crippen LogP contribution in [-0.2, 0) is 0 Å². The molecule has 3 heteroatoms. The van der Waals surface area contributed by atoms with E-state index in [9.17, 15) is 5.11 Å². The molecule has 1 saturated carbocycles. The highest BCUT2D eigenvalue weighted by atomic mass is 16.3. The SMILES string of the molecule is CC1CCCC(N)(C2(O)CCN(C)CC2)C1. The third kappa shape index (κ3) is 2.13. The lowest BCUT2D eigenvalue weighted by atomic mass is 9.64. The summed E-state index contributed by atoms with van der Waals surface area (Å²) in [5.74, 6) is 0.669. The molecule has 0 bridgehead atoms. The largest absolute Gasteiger partial charge is 0.388 e. The van der Waals surface area contributed by atoms with Gasteiger partial charge in [-0.05, 0) is 38.6 Å². The average Bonchev–Trinajstić information content (AvgIpc) is 2.22. The van der Waals surface area contributed by atoms with Crippen molar-refractivity contribution in [2.75, 3.05) is 20.1 Å². The number of hydrogen-bond acceptors (Lipinski definition) is 3. The third-order valence-corrected chi connectivity index (χ3v) is 4.77. The van der Waals surface area contributed by atoms with E-state index in [0.29, 0.717) is 5.92 Å². The highest BCUT2D eigenvalue weighted by molar-refractivity contribution is 5.07. The molecule has 0 aromatic heterocycles. The Balaban J connectivity index is 2.09. The van der Waals surface area contributed by atoms with Gasteiger partial charge in [0.25, 0.3) is 0 Å². The van der Waals surface area contributed by atoms with E-state index in [2.05, 4.69) is 18.9 Å². The summed E-state index contributed by atoms with van der Waals surface area (Å²) in [7, 11) is 2.12. The summed E-state index contributed by atoms with van der Waals surface area (Å²) in [5.41, 5.74) is 5.59. The first-order chi connectivity index (χ1) is 7.45. The summed E-state index contributed by atoms with van der Waals surface area (Å²) in [6.07, 6.45) is 6.12. The third-order valence-electron chi connectivity index (χ3n) is 4.77. The van der Waals surface area contributed by atoms with Gasteiger partial charge in [0.2, 0.25) is 0 Å². The molecule has 16 heavy (non-hydrogen) atoms. The van der Waals surface area contributed by atoms with Gasteiger partial charge in [0.1, 0.15) is 0 Å². The van der Waals surface area contributed by atoms with Gasteiger partial charge in [0.05, 0.1) is 5.60 Å². The second-order valence-electron chi connectivity index (χ2n) is 6.19. The van der Waals surface area contributed by atoms with E-state index in [1.54, 1.807) is 0 Å². The van der Waals surface area contributed by atoms with Gasteiger partial charge in [0.15, 0.2) is 0 Å². The Bertz CT molecular complexity index is 248. The van der Waals surface area contributed by atoms with Crippen molar-refractivity contribution >= 4 is 0 Å². The highest BCUT2D eigenvalue weighted by Gasteiger charge is 2.49. The summed E-state index contributed by atoms with van der Waals surface area (Å²) in [6, 6.07) is 0. The van der Waals surface area contributed by atoms with Crippen molar-refractivity contribution in [1.82, 2.24) is 4.90 Å². The van der Waals surface area contributed by atoms with Crippen LogP contribution in [0.1, 0.15) is 45.4 Å². The summed E-state index contributed by atoms with van der Waals surface area (Å²) in [5, 5.41) is 10.8. The maximum atomic E-state index is 10.8. The first kappa shape index (κ1) is 12.3. The van der Waals surface area contributed by atoms with Crippen LogP contribution in [0, 0.1) is 5.92 Å². The van der Waals surface area contributed by atoms with Gasteiger partial charge in [-0.15, -0.1) is 0 Å². The van der Waals surface area contributed by atoms with E-state index in [0.717, 1.165) is 38.8 Å². The summed E-state index contributed by atoms with van der Waals surface area (Å²) < 4.78 is 0. The molecule has 0 radical (unpaired) electrons. The van der Waals surface area contributed by atoms with Crippen molar-refractivity contribution in [2.24, 2.45) is 11.7 Å². The molecule has 1 heterocycles. The number of likely N-dealkylation sites (tertiary alicyclic amines) is 1. The van der Waals surface area contributed by atoms with Crippen molar-refractivity contribution in [3.63, 3.8) is 0 Å². The van der Waals surface area contributed by atoms with Gasteiger partial charge in [-0.25, -0.2) is 0 Å². The zero-order valence-electron chi connectivity index (χ0n) is 10.7. The molecule has 2 unspecified atom stereocenters. The standard InChI is InChI=1S/C13H26N2O/c1-11-4-3-5-12(14,10-11)13(16)6-8-15(2)9-7-13/h11,16H,3-10,14H2,1-2H3. The van der Waals surface area contributed by atoms with Gasteiger partial charge in [-0.3, -0.25) is 0 Å². The molecule has 1 aliphatic heterocycles. The maximum Gasteiger partial charge on any atom is 0.0850 e. The zero-order valence-corrected chi connectivity index (χ0v) is 10.7. The number of nitrogens with zero attached hydrogens (tertiary/aromatic N) is 1. The van der Waals surface area contributed by atoms with Gasteiger partial charge in [-0.1, -0.05) is 19.8 Å². The second-order valence-corrected chi connectivity index (χ2v) is 6.19. The number of hydrogen-bond donors (Lipinski definition) is 2. The van der Waals surface area contributed by atoms with Crippen molar-refractivity contribution < 1.29 is 5.11 Å². The summed E-state index contributed by atoms with van der Waals surface area (Å²) >= 11 is 0. The predicted molar refractivity (Wildman–Crippen MR) is 66.2 cm³/mol. The van der Waals surface area contributed by atoms with E-state index in [-0.39, 0.29) is 5.54 Å². The van der Waals surface area contributed by atoms with Crippen LogP contribution in [0.25, 0.3) is 0 Å². The molecule has 0 spiro atoms. The fourth-order valence-corrected chi connectivity index (χ4v) is 3.50. The number of rotatable bonds is 1. The van der Waals surface area contributed by atoms with Crippen LogP contribution in [-0.4, -0.2) is 41.3 Å². The Morgan fingerprint density at radius 2 is 1.88 bits per heavy atom. The van der Waals surface area contributed by atoms with E-state index < -0.39 is 5.60 Å². The Morgan fingerprint density at radius 1 is 1.25 bits per heavy atom. The lowest BCUT2D eigenvalue weighted by Gasteiger charge is -2.51. The average molecular weight is 226 g/mol. The first-order valence-electron chi connectivity index (χ1n) is 6.65. The molecule has 2 aliphatic rings. The minimum Gasteiger partial charge on any atom is -0.388 e. The number of piperidine rings is 1. The quantitative estimate of drug-likeness (QED) is 0.709. The Labute approximate surface area is 99.0 Å². The first-order valence-corrected chi connectivity index (χ1v) is 6.65. The minimum absolute atomic E-state index is 0.327. The van der Waals surface area contributed by atoms with Crippen molar-refractivity contribution in [1.29, 1.82) is 0 Å². The van der Waals surface area contributed by atoms with Gasteiger partial charge < -0.3 is 15.7 Å². The van der Waals surface area contributed by atoms with Crippen LogP contribution in [0.2, 0.25) is 0 Å². The molecular weight excluding hydrogens is 200 g/mol. The van der Waals surface area contributed by atoms with E-state index in [1.807, 2.05) is 0 Å². The number of aliphatic hydroxyl groups is 1. The molecule has 2 atom stereocenters. The lowest BCUT2D eigenvalue weighted by Crippen LogP contribution is -2.65. The summed E-state index contributed by atoms with van der Waals surface area (Å²) in [4.78, 5) is 2.28. The monoisotopic (exact) mass is 226 g/mol. The molecule has 3 N–H and O–H groups in total. The van der Waals surface area contributed by atoms with Crippen molar-refractivity contribution in [3.8, 4) is 0 Å². The summed E-state index contributed by atoms with van der Waals surface area (Å²) in [6.45, 7) is 4.22. The Morgan fingerprint density at radius 3 is 2.44 bits per heavy atom. The molecule has 2 rings (SSSR count). The van der Waals surface area contributed by atoms with Gasteiger partial charge >= 0.3 is 0 Å². The van der Waals surface area contributed by atoms with Crippen molar-refractivity contribution in [2.45, 2.75) is 56.6 Å². The normalized spacial score (nSPS) is 40.9. The van der Waals surface area contributed by atoms with E-state index >= 15 is 0 Å². The van der Waals surface area contributed by atoms with Gasteiger partial charge in [-0.2, -0.15) is 0 Å². The Hall–Kier alpha value is -0.120. The van der Waals surface area contributed by atoms with Crippen LogP contribution in [0.15, 0.2) is 0 Å². The molecule has 94 valence electrons.